The van der Waals surface area contributed by atoms with Crippen LogP contribution in [0.1, 0.15) is 63.6 Å². The van der Waals surface area contributed by atoms with Crippen LogP contribution < -0.4 is 22.1 Å². The van der Waals surface area contributed by atoms with Crippen molar-refractivity contribution >= 4 is 35.4 Å². The van der Waals surface area contributed by atoms with Gasteiger partial charge in [-0.05, 0) is 64.2 Å². The van der Waals surface area contributed by atoms with Gasteiger partial charge in [0.05, 0.1) is 5.69 Å². The van der Waals surface area contributed by atoms with Crippen LogP contribution in [0.25, 0.3) is 0 Å². The van der Waals surface area contributed by atoms with E-state index in [0.717, 1.165) is 33.2 Å². The molecule has 10 heteroatoms. The SMILES string of the molecule is CC(C)Nc1nc(SCCN)cc([C@H]2CCC2c2ccccc2)n1.CC(C)Nc1nccc(SCCN)n1.c1ccccc1. The molecule has 1 fully saturated rings. The normalized spacial score (nSPS) is 15.4. The van der Waals surface area contributed by atoms with Crippen molar-refractivity contribution in [3.63, 3.8) is 0 Å². The van der Waals surface area contributed by atoms with Gasteiger partial charge in [-0.15, -0.1) is 23.5 Å². The zero-order valence-electron chi connectivity index (χ0n) is 26.4. The second-order valence-corrected chi connectivity index (χ2v) is 13.1. The number of nitrogens with two attached hydrogens (primary N) is 2. The van der Waals surface area contributed by atoms with E-state index in [1.807, 2.05) is 42.5 Å². The predicted octanol–water partition coefficient (Wildman–Crippen LogP) is 7.04. The molecule has 2 aromatic carbocycles. The number of nitrogens with one attached hydrogen (secondary N) is 2. The highest BCUT2D eigenvalue weighted by molar-refractivity contribution is 7.99. The van der Waals surface area contributed by atoms with E-state index >= 15 is 0 Å². The molecule has 0 bridgehead atoms. The van der Waals surface area contributed by atoms with E-state index in [9.17, 15) is 0 Å². The molecule has 1 aliphatic carbocycles. The van der Waals surface area contributed by atoms with Crippen LogP contribution in [0.5, 0.6) is 0 Å². The van der Waals surface area contributed by atoms with E-state index in [1.54, 1.807) is 29.7 Å². The van der Waals surface area contributed by atoms with E-state index in [2.05, 4.69) is 89.7 Å². The summed E-state index contributed by atoms with van der Waals surface area (Å²) in [6, 6.07) is 27.5. The van der Waals surface area contributed by atoms with Gasteiger partial charge in [0.15, 0.2) is 0 Å². The second-order valence-electron chi connectivity index (χ2n) is 10.9. The predicted molar refractivity (Wildman–Crippen MR) is 189 cm³/mol. The molecule has 236 valence electrons. The minimum Gasteiger partial charge on any atom is -0.352 e. The van der Waals surface area contributed by atoms with E-state index in [1.165, 1.54) is 18.4 Å². The lowest BCUT2D eigenvalue weighted by molar-refractivity contribution is 0.339. The van der Waals surface area contributed by atoms with E-state index < -0.39 is 0 Å². The minimum absolute atomic E-state index is 0.318. The lowest BCUT2D eigenvalue weighted by Gasteiger charge is -2.37. The average Bonchev–Trinajstić information content (AvgIpc) is 3.00. The first-order chi connectivity index (χ1) is 21.4. The van der Waals surface area contributed by atoms with Crippen molar-refractivity contribution in [2.75, 3.05) is 35.2 Å². The Hall–Kier alpha value is -3.18. The van der Waals surface area contributed by atoms with E-state index in [0.29, 0.717) is 43.0 Å². The highest BCUT2D eigenvalue weighted by Crippen LogP contribution is 2.48. The third-order valence-electron chi connectivity index (χ3n) is 6.47. The van der Waals surface area contributed by atoms with Gasteiger partial charge in [0.1, 0.15) is 10.1 Å². The maximum Gasteiger partial charge on any atom is 0.224 e. The maximum absolute atomic E-state index is 5.65. The van der Waals surface area contributed by atoms with Crippen LogP contribution in [-0.4, -0.2) is 56.6 Å². The summed E-state index contributed by atoms with van der Waals surface area (Å²) in [5.74, 6) is 4.24. The summed E-state index contributed by atoms with van der Waals surface area (Å²) in [7, 11) is 0. The Morgan fingerprint density at radius 3 is 1.75 bits per heavy atom. The fraction of sp³-hybridized carbons (Fsp3) is 0.412. The van der Waals surface area contributed by atoms with Gasteiger partial charge in [0.2, 0.25) is 11.9 Å². The Kier molecular flexibility index (Phi) is 16.0. The van der Waals surface area contributed by atoms with Crippen LogP contribution >= 0.6 is 23.5 Å². The monoisotopic (exact) mass is 632 g/mol. The van der Waals surface area contributed by atoms with Gasteiger partial charge in [0, 0.05) is 48.8 Å². The Labute approximate surface area is 272 Å². The Balaban J connectivity index is 0.000000221. The number of benzene rings is 2. The van der Waals surface area contributed by atoms with Crippen molar-refractivity contribution in [2.24, 2.45) is 11.5 Å². The molecule has 1 aliphatic rings. The van der Waals surface area contributed by atoms with Crippen LogP contribution in [0.2, 0.25) is 0 Å². The third-order valence-corrected chi connectivity index (χ3v) is 8.38. The van der Waals surface area contributed by atoms with Gasteiger partial charge in [-0.25, -0.2) is 19.9 Å². The highest BCUT2D eigenvalue weighted by Gasteiger charge is 2.34. The zero-order chi connectivity index (χ0) is 31.6. The molecule has 5 rings (SSSR count). The molecule has 0 saturated heterocycles. The Morgan fingerprint density at radius 2 is 1.20 bits per heavy atom. The number of rotatable bonds is 12. The van der Waals surface area contributed by atoms with Crippen LogP contribution in [0.4, 0.5) is 11.9 Å². The van der Waals surface area contributed by atoms with Crippen LogP contribution in [0, 0.1) is 0 Å². The molecule has 0 aliphatic heterocycles. The quantitative estimate of drug-likeness (QED) is 0.0953. The van der Waals surface area contributed by atoms with E-state index in [-0.39, 0.29) is 0 Å². The topological polar surface area (TPSA) is 128 Å². The van der Waals surface area contributed by atoms with Crippen molar-refractivity contribution in [3.05, 3.63) is 96.3 Å². The molecule has 4 aromatic rings. The molecule has 1 unspecified atom stereocenters. The van der Waals surface area contributed by atoms with Gasteiger partial charge in [0.25, 0.3) is 0 Å². The molecule has 0 radical (unpaired) electrons. The number of hydrogen-bond acceptors (Lipinski definition) is 10. The summed E-state index contributed by atoms with van der Waals surface area (Å²) >= 11 is 3.35. The lowest BCUT2D eigenvalue weighted by Crippen LogP contribution is -2.24. The van der Waals surface area contributed by atoms with Crippen LogP contribution in [0.3, 0.4) is 0 Å². The first-order valence-corrected chi connectivity index (χ1v) is 17.3. The number of aromatic nitrogens is 4. The fourth-order valence-corrected chi connectivity index (χ4v) is 5.76. The van der Waals surface area contributed by atoms with Gasteiger partial charge in [-0.1, -0.05) is 66.7 Å². The molecule has 0 amide bonds. The molecule has 2 atom stereocenters. The third kappa shape index (κ3) is 12.8. The van der Waals surface area contributed by atoms with E-state index in [4.69, 9.17) is 16.5 Å². The summed E-state index contributed by atoms with van der Waals surface area (Å²) in [6.45, 7) is 9.67. The fourth-order valence-electron chi connectivity index (χ4n) is 4.44. The summed E-state index contributed by atoms with van der Waals surface area (Å²) in [4.78, 5) is 17.9. The van der Waals surface area contributed by atoms with Crippen LogP contribution in [0.15, 0.2) is 95.1 Å². The van der Waals surface area contributed by atoms with Crippen molar-refractivity contribution in [1.29, 1.82) is 0 Å². The molecule has 2 aromatic heterocycles. The molecule has 8 nitrogen and oxygen atoms in total. The highest BCUT2D eigenvalue weighted by atomic mass is 32.2. The largest absolute Gasteiger partial charge is 0.352 e. The summed E-state index contributed by atoms with van der Waals surface area (Å²) in [5, 5.41) is 8.49. The molecule has 0 spiro atoms. The average molecular weight is 633 g/mol. The zero-order valence-corrected chi connectivity index (χ0v) is 28.0. The molecule has 44 heavy (non-hydrogen) atoms. The van der Waals surface area contributed by atoms with Gasteiger partial charge in [-0.3, -0.25) is 0 Å². The number of hydrogen-bond donors (Lipinski definition) is 4. The van der Waals surface area contributed by atoms with Crippen molar-refractivity contribution in [1.82, 2.24) is 19.9 Å². The molecule has 1 saturated carbocycles. The smallest absolute Gasteiger partial charge is 0.224 e. The van der Waals surface area contributed by atoms with Crippen LogP contribution in [-0.2, 0) is 0 Å². The molecular formula is C34H48N8S2. The number of thioether (sulfide) groups is 2. The van der Waals surface area contributed by atoms with Crippen molar-refractivity contribution < 1.29 is 0 Å². The second kappa shape index (κ2) is 20.0. The molecule has 6 N–H and O–H groups in total. The van der Waals surface area contributed by atoms with Gasteiger partial charge >= 0.3 is 0 Å². The minimum atomic E-state index is 0.318. The lowest BCUT2D eigenvalue weighted by atomic mass is 9.68. The maximum atomic E-state index is 5.65. The Morgan fingerprint density at radius 1 is 0.682 bits per heavy atom. The standard InChI is InChI=1S/C19H26N4S.C9H16N4S.C6H6/c1-13(2)21-19-22-17(12-18(23-19)24-11-10-20)16-9-8-15(16)14-6-4-3-5-7-14;1-7(2)12-9-11-5-3-8(13-9)14-6-4-10;1-2-4-6-5-3-1/h3-7,12-13,15-16H,8-11,20H2,1-2H3,(H,21,22,23);3,5,7H,4,6,10H2,1-2H3,(H,11,12,13);1-6H/t15?,16-;;/m0../s1. The number of anilines is 2. The molecular weight excluding hydrogens is 585 g/mol. The van der Waals surface area contributed by atoms with Gasteiger partial charge < -0.3 is 22.1 Å². The first kappa shape index (κ1) is 35.3. The first-order valence-electron chi connectivity index (χ1n) is 15.3. The summed E-state index contributed by atoms with van der Waals surface area (Å²) in [5.41, 5.74) is 13.6. The summed E-state index contributed by atoms with van der Waals surface area (Å²) < 4.78 is 0. The summed E-state index contributed by atoms with van der Waals surface area (Å²) in [6.07, 6.45) is 4.19. The molecule has 2 heterocycles. The van der Waals surface area contributed by atoms with Crippen molar-refractivity contribution in [3.8, 4) is 0 Å². The van der Waals surface area contributed by atoms with Crippen molar-refractivity contribution in [2.45, 2.75) is 74.5 Å². The number of nitrogens with zero attached hydrogens (tertiary/aromatic N) is 4. The van der Waals surface area contributed by atoms with Gasteiger partial charge in [-0.2, -0.15) is 0 Å². The Bertz CT molecular complexity index is 1300.